The van der Waals surface area contributed by atoms with E-state index in [1.54, 1.807) is 35.0 Å². The van der Waals surface area contributed by atoms with Crippen molar-refractivity contribution in [3.05, 3.63) is 65.3 Å². The molecule has 0 fully saturated rings. The first kappa shape index (κ1) is 32.7. The molecule has 0 radical (unpaired) electrons. The van der Waals surface area contributed by atoms with Gasteiger partial charge in [-0.3, -0.25) is 9.59 Å². The van der Waals surface area contributed by atoms with E-state index in [0.29, 0.717) is 22.1 Å². The van der Waals surface area contributed by atoms with E-state index in [4.69, 9.17) is 31.4 Å². The highest BCUT2D eigenvalue weighted by Gasteiger charge is 2.38. The molecule has 10 nitrogen and oxygen atoms in total. The van der Waals surface area contributed by atoms with Gasteiger partial charge in [0.05, 0.1) is 16.8 Å². The SMILES string of the molecule is FC(F)F.O=C(Nc1cn2nc(N3CC=CCC3)ccc2n1)c1ccccc1Cl.O=C(O)C(F)(F)F.O=CO. The van der Waals surface area contributed by atoms with Crippen molar-refractivity contribution in [2.45, 2.75) is 19.3 Å². The van der Waals surface area contributed by atoms with Crippen LogP contribution in [0.4, 0.5) is 38.0 Å². The molecule has 17 heteroatoms. The molecule has 3 heterocycles. The maximum absolute atomic E-state index is 12.3. The van der Waals surface area contributed by atoms with Gasteiger partial charge in [-0.1, -0.05) is 35.9 Å². The number of benzene rings is 1. The lowest BCUT2D eigenvalue weighted by Crippen LogP contribution is -2.28. The van der Waals surface area contributed by atoms with E-state index in [-0.39, 0.29) is 12.4 Å². The van der Waals surface area contributed by atoms with Crippen LogP contribution in [-0.4, -0.2) is 69.1 Å². The highest BCUT2D eigenvalue weighted by Crippen LogP contribution is 2.19. The van der Waals surface area contributed by atoms with E-state index in [1.807, 2.05) is 12.1 Å². The normalized spacial score (nSPS) is 12.3. The molecule has 39 heavy (non-hydrogen) atoms. The van der Waals surface area contributed by atoms with Gasteiger partial charge < -0.3 is 20.4 Å². The van der Waals surface area contributed by atoms with E-state index in [1.165, 1.54) is 0 Å². The van der Waals surface area contributed by atoms with Crippen molar-refractivity contribution in [1.29, 1.82) is 0 Å². The number of anilines is 2. The third-order valence-electron chi connectivity index (χ3n) is 4.29. The molecule has 1 aliphatic heterocycles. The van der Waals surface area contributed by atoms with Crippen molar-refractivity contribution in [1.82, 2.24) is 14.6 Å². The van der Waals surface area contributed by atoms with Gasteiger partial charge in [-0.05, 0) is 30.7 Å². The van der Waals surface area contributed by atoms with Crippen LogP contribution in [0.1, 0.15) is 16.8 Å². The lowest BCUT2D eigenvalue weighted by atomic mass is 10.2. The van der Waals surface area contributed by atoms with Crippen molar-refractivity contribution in [3.63, 3.8) is 0 Å². The van der Waals surface area contributed by atoms with E-state index < -0.39 is 18.8 Å². The highest BCUT2D eigenvalue weighted by atomic mass is 35.5. The monoisotopic (exact) mass is 583 g/mol. The second-order valence-corrected chi connectivity index (χ2v) is 7.32. The second kappa shape index (κ2) is 15.8. The molecule has 3 N–H and O–H groups in total. The van der Waals surface area contributed by atoms with Crippen LogP contribution in [0.5, 0.6) is 0 Å². The number of aromatic nitrogens is 3. The Morgan fingerprint density at radius 3 is 2.21 bits per heavy atom. The Labute approximate surface area is 221 Å². The summed E-state index contributed by atoms with van der Waals surface area (Å²) >= 11 is 6.06. The van der Waals surface area contributed by atoms with Crippen molar-refractivity contribution < 1.29 is 50.9 Å². The molecule has 1 aliphatic rings. The first-order valence-corrected chi connectivity index (χ1v) is 10.8. The maximum atomic E-state index is 12.3. The smallest absolute Gasteiger partial charge is 0.483 e. The van der Waals surface area contributed by atoms with E-state index in [0.717, 1.165) is 25.3 Å². The molecule has 212 valence electrons. The summed E-state index contributed by atoms with van der Waals surface area (Å²) in [6, 6.07) is 10.7. The third-order valence-corrected chi connectivity index (χ3v) is 4.62. The van der Waals surface area contributed by atoms with Gasteiger partial charge in [-0.15, -0.1) is 5.10 Å². The Morgan fingerprint density at radius 2 is 1.69 bits per heavy atom. The van der Waals surface area contributed by atoms with Gasteiger partial charge in [-0.25, -0.2) is 14.3 Å². The minimum Gasteiger partial charge on any atom is -0.483 e. The number of carbonyl (C=O) groups is 3. The summed E-state index contributed by atoms with van der Waals surface area (Å²) < 4.78 is 62.4. The topological polar surface area (TPSA) is 137 Å². The van der Waals surface area contributed by atoms with Crippen molar-refractivity contribution >= 4 is 47.2 Å². The zero-order valence-corrected chi connectivity index (χ0v) is 20.3. The number of hydrogen-bond acceptors (Lipinski definition) is 6. The number of aliphatic carboxylic acids is 1. The number of carboxylic acid groups (broad SMARTS) is 2. The fourth-order valence-corrected chi connectivity index (χ4v) is 3.00. The number of nitrogens with zero attached hydrogens (tertiary/aromatic N) is 4. The van der Waals surface area contributed by atoms with Gasteiger partial charge in [0, 0.05) is 13.1 Å². The predicted molar refractivity (Wildman–Crippen MR) is 128 cm³/mol. The van der Waals surface area contributed by atoms with Crippen LogP contribution in [-0.2, 0) is 9.59 Å². The molecule has 0 saturated carbocycles. The summed E-state index contributed by atoms with van der Waals surface area (Å²) in [6.45, 7) is -2.12. The van der Waals surface area contributed by atoms with Gasteiger partial charge in [0.25, 0.3) is 12.4 Å². The number of imidazole rings is 1. The number of carboxylic acids is 1. The molecule has 1 aromatic carbocycles. The molecule has 4 rings (SSSR count). The fraction of sp³-hybridized carbons (Fsp3) is 0.227. The van der Waals surface area contributed by atoms with Crippen molar-refractivity contribution in [3.8, 4) is 0 Å². The molecule has 0 spiro atoms. The Hall–Kier alpha value is -4.34. The van der Waals surface area contributed by atoms with Crippen LogP contribution in [0.25, 0.3) is 5.65 Å². The Balaban J connectivity index is 0.000000454. The second-order valence-electron chi connectivity index (χ2n) is 6.92. The van der Waals surface area contributed by atoms with Crippen LogP contribution in [0.3, 0.4) is 0 Å². The van der Waals surface area contributed by atoms with E-state index in [2.05, 4.69) is 32.5 Å². The molecule has 3 aromatic rings. The zero-order valence-electron chi connectivity index (χ0n) is 19.5. The van der Waals surface area contributed by atoms with Crippen LogP contribution in [0, 0.1) is 0 Å². The molecule has 0 unspecified atom stereocenters. The van der Waals surface area contributed by atoms with Crippen LogP contribution in [0.2, 0.25) is 5.02 Å². The Bertz CT molecular complexity index is 1270. The summed E-state index contributed by atoms with van der Waals surface area (Å²) in [5.74, 6) is -1.73. The average Bonchev–Trinajstić information content (AvgIpc) is 3.26. The minimum absolute atomic E-state index is 0.250. The number of alkyl halides is 6. The molecule has 1 amide bonds. The first-order valence-electron chi connectivity index (χ1n) is 10.4. The number of amides is 1. The number of rotatable bonds is 3. The number of hydrogen-bond donors (Lipinski definition) is 3. The third kappa shape index (κ3) is 11.7. The summed E-state index contributed by atoms with van der Waals surface area (Å²) in [5, 5.41) is 21.8. The number of carbonyl (C=O) groups excluding carboxylic acids is 1. The summed E-state index contributed by atoms with van der Waals surface area (Å²) in [5.41, 5.74) is 1.08. The average molecular weight is 584 g/mol. The highest BCUT2D eigenvalue weighted by molar-refractivity contribution is 6.34. The predicted octanol–water partition coefficient (Wildman–Crippen LogP) is 4.91. The lowest BCUT2D eigenvalue weighted by Gasteiger charge is -2.23. The van der Waals surface area contributed by atoms with Gasteiger partial charge in [0.15, 0.2) is 11.5 Å². The van der Waals surface area contributed by atoms with Gasteiger partial charge in [0.1, 0.15) is 5.82 Å². The van der Waals surface area contributed by atoms with Crippen LogP contribution < -0.4 is 10.2 Å². The molecule has 0 atom stereocenters. The lowest BCUT2D eigenvalue weighted by molar-refractivity contribution is -0.192. The Kier molecular flexibility index (Phi) is 13.2. The summed E-state index contributed by atoms with van der Waals surface area (Å²) in [7, 11) is 0. The fourth-order valence-electron chi connectivity index (χ4n) is 2.78. The van der Waals surface area contributed by atoms with Crippen LogP contribution in [0.15, 0.2) is 54.7 Å². The van der Waals surface area contributed by atoms with Gasteiger partial charge in [0.2, 0.25) is 0 Å². The van der Waals surface area contributed by atoms with Gasteiger partial charge >= 0.3 is 18.8 Å². The molecule has 0 aliphatic carbocycles. The van der Waals surface area contributed by atoms with Crippen molar-refractivity contribution in [2.75, 3.05) is 23.3 Å². The summed E-state index contributed by atoms with van der Waals surface area (Å²) in [4.78, 5) is 36.2. The number of fused-ring (bicyclic) bond motifs is 1. The zero-order chi connectivity index (χ0) is 29.6. The van der Waals surface area contributed by atoms with Crippen molar-refractivity contribution in [2.24, 2.45) is 0 Å². The quantitative estimate of drug-likeness (QED) is 0.225. The molecular formula is C22H20ClF6N5O5. The number of nitrogens with one attached hydrogen (secondary N) is 1. The molecule has 2 aromatic heterocycles. The first-order chi connectivity index (χ1) is 18.3. The van der Waals surface area contributed by atoms with Crippen LogP contribution >= 0.6 is 11.6 Å². The number of halogens is 7. The Morgan fingerprint density at radius 1 is 1.10 bits per heavy atom. The van der Waals surface area contributed by atoms with E-state index >= 15 is 0 Å². The largest absolute Gasteiger partial charge is 0.490 e. The molecular weight excluding hydrogens is 564 g/mol. The molecule has 0 bridgehead atoms. The maximum Gasteiger partial charge on any atom is 0.490 e. The standard InChI is InChI=1S/C18H16ClN5O.C2HF3O2.CHF3.CH2O2/c19-14-7-3-2-6-13(14)18(25)21-15-12-24-16(20-15)8-9-17(22-24)23-10-4-1-5-11-23;3-2(4,5)1(6)7;2-1(3)4;2-1-3/h1-4,6-9,12H,5,10-11H2,(H,21,25);(H,6,7);1H;1H,(H,2,3). The molecule has 0 saturated heterocycles. The van der Waals surface area contributed by atoms with Gasteiger partial charge in [-0.2, -0.15) is 26.3 Å². The minimum atomic E-state index is -5.08. The summed E-state index contributed by atoms with van der Waals surface area (Å²) in [6.07, 6.45) is 1.95. The van der Waals surface area contributed by atoms with E-state index in [9.17, 15) is 31.1 Å².